The maximum absolute atomic E-state index is 12.3. The molecule has 1 saturated heterocycles. The van der Waals surface area contributed by atoms with Crippen molar-refractivity contribution in [2.45, 2.75) is 24.3 Å². The summed E-state index contributed by atoms with van der Waals surface area (Å²) in [6.07, 6.45) is 1.98. The summed E-state index contributed by atoms with van der Waals surface area (Å²) in [5.41, 5.74) is 1.15. The zero-order valence-electron chi connectivity index (χ0n) is 14.1. The number of hydrogen-bond acceptors (Lipinski definition) is 3. The summed E-state index contributed by atoms with van der Waals surface area (Å²) in [4.78, 5) is 2.70. The fourth-order valence-electron chi connectivity index (χ4n) is 3.13. The van der Waals surface area contributed by atoms with Crippen LogP contribution in [0.1, 0.15) is 18.4 Å². The van der Waals surface area contributed by atoms with Crippen molar-refractivity contribution < 1.29 is 8.42 Å². The van der Waals surface area contributed by atoms with Crippen molar-refractivity contribution >= 4 is 21.6 Å². The Morgan fingerprint density at radius 2 is 1.64 bits per heavy atom. The highest BCUT2D eigenvalue weighted by molar-refractivity contribution is 7.89. The van der Waals surface area contributed by atoms with Gasteiger partial charge in [-0.2, -0.15) is 0 Å². The molecule has 134 valence electrons. The van der Waals surface area contributed by atoms with Crippen LogP contribution in [-0.2, 0) is 16.6 Å². The predicted molar refractivity (Wildman–Crippen MR) is 101 cm³/mol. The smallest absolute Gasteiger partial charge is 0.240 e. The van der Waals surface area contributed by atoms with E-state index in [0.717, 1.165) is 43.1 Å². The molecule has 2 aromatic carbocycles. The maximum Gasteiger partial charge on any atom is 0.240 e. The molecule has 0 aromatic heterocycles. The monoisotopic (exact) mass is 378 g/mol. The number of likely N-dealkylation sites (tertiary alicyclic amines) is 1. The zero-order valence-corrected chi connectivity index (χ0v) is 15.6. The Balaban J connectivity index is 1.47. The second-order valence-corrected chi connectivity index (χ2v) is 8.65. The number of rotatable bonds is 6. The van der Waals surface area contributed by atoms with Crippen LogP contribution in [-0.4, -0.2) is 33.0 Å². The molecule has 2 aromatic rings. The summed E-state index contributed by atoms with van der Waals surface area (Å²) in [5, 5.41) is 0.806. The summed E-state index contributed by atoms with van der Waals surface area (Å²) >= 11 is 6.23. The molecule has 3 rings (SSSR count). The highest BCUT2D eigenvalue weighted by Gasteiger charge is 2.22. The van der Waals surface area contributed by atoms with Gasteiger partial charge in [-0.3, -0.25) is 4.90 Å². The van der Waals surface area contributed by atoms with E-state index in [-0.39, 0.29) is 0 Å². The molecule has 0 atom stereocenters. The van der Waals surface area contributed by atoms with E-state index in [2.05, 4.69) is 15.7 Å². The van der Waals surface area contributed by atoms with Crippen molar-refractivity contribution in [3.8, 4) is 0 Å². The molecule has 4 nitrogen and oxygen atoms in total. The largest absolute Gasteiger partial charge is 0.299 e. The molecule has 0 spiro atoms. The molecular weight excluding hydrogens is 356 g/mol. The van der Waals surface area contributed by atoms with Crippen molar-refractivity contribution in [3.05, 3.63) is 65.2 Å². The fraction of sp³-hybridized carbons (Fsp3) is 0.368. The van der Waals surface area contributed by atoms with E-state index in [4.69, 9.17) is 11.6 Å². The number of sulfonamides is 1. The Hall–Kier alpha value is -1.40. The molecule has 6 heteroatoms. The lowest BCUT2D eigenvalue weighted by molar-refractivity contribution is 0.178. The Morgan fingerprint density at radius 1 is 1.00 bits per heavy atom. The second kappa shape index (κ2) is 8.32. The molecule has 25 heavy (non-hydrogen) atoms. The van der Waals surface area contributed by atoms with Crippen LogP contribution in [0.5, 0.6) is 0 Å². The molecule has 1 aliphatic heterocycles. The van der Waals surface area contributed by atoms with E-state index >= 15 is 0 Å². The van der Waals surface area contributed by atoms with Gasteiger partial charge in [-0.1, -0.05) is 48.0 Å². The van der Waals surface area contributed by atoms with Crippen molar-refractivity contribution in [1.82, 2.24) is 9.62 Å². The van der Waals surface area contributed by atoms with Crippen LogP contribution in [0, 0.1) is 5.92 Å². The molecule has 1 N–H and O–H groups in total. The van der Waals surface area contributed by atoms with Gasteiger partial charge >= 0.3 is 0 Å². The Labute approximate surface area is 154 Å². The van der Waals surface area contributed by atoms with Gasteiger partial charge in [0.15, 0.2) is 0 Å². The topological polar surface area (TPSA) is 49.4 Å². The lowest BCUT2D eigenvalue weighted by Crippen LogP contribution is -2.38. The summed E-state index contributed by atoms with van der Waals surface area (Å²) in [7, 11) is -3.41. The van der Waals surface area contributed by atoms with Gasteiger partial charge in [0.2, 0.25) is 10.0 Å². The van der Waals surface area contributed by atoms with Gasteiger partial charge in [0.1, 0.15) is 0 Å². The zero-order chi connectivity index (χ0) is 17.7. The van der Waals surface area contributed by atoms with Gasteiger partial charge < -0.3 is 0 Å². The molecule has 0 bridgehead atoms. The SMILES string of the molecule is O=S(=O)(NCC1CCN(Cc2ccccc2Cl)CC1)c1ccccc1. The number of nitrogens with one attached hydrogen (secondary N) is 1. The van der Waals surface area contributed by atoms with E-state index in [1.807, 2.05) is 24.3 Å². The second-order valence-electron chi connectivity index (χ2n) is 6.48. The third-order valence-electron chi connectivity index (χ3n) is 4.67. The first-order chi connectivity index (χ1) is 12.0. The summed E-state index contributed by atoms with van der Waals surface area (Å²) in [6.45, 7) is 3.27. The predicted octanol–water partition coefficient (Wildman–Crippen LogP) is 3.53. The third kappa shape index (κ3) is 5.05. The van der Waals surface area contributed by atoms with Crippen molar-refractivity contribution in [1.29, 1.82) is 0 Å². The lowest BCUT2D eigenvalue weighted by atomic mass is 9.97. The van der Waals surface area contributed by atoms with Gasteiger partial charge in [-0.05, 0) is 55.6 Å². The average molecular weight is 379 g/mol. The summed E-state index contributed by atoms with van der Waals surface area (Å²) < 4.78 is 27.3. The number of halogens is 1. The minimum absolute atomic E-state index is 0.325. The van der Waals surface area contributed by atoms with Gasteiger partial charge in [0.25, 0.3) is 0 Å². The molecule has 0 aliphatic carbocycles. The highest BCUT2D eigenvalue weighted by Crippen LogP contribution is 2.22. The molecule has 0 amide bonds. The van der Waals surface area contributed by atoms with E-state index in [0.29, 0.717) is 17.4 Å². The standard InChI is InChI=1S/C19H23ClN2O2S/c20-19-9-5-4-6-17(19)15-22-12-10-16(11-13-22)14-21-25(23,24)18-7-2-1-3-8-18/h1-9,16,21H,10-15H2. The number of nitrogens with zero attached hydrogens (tertiary/aromatic N) is 1. The minimum atomic E-state index is -3.41. The third-order valence-corrected chi connectivity index (χ3v) is 6.48. The normalized spacial score (nSPS) is 16.8. The average Bonchev–Trinajstić information content (AvgIpc) is 2.64. The Bertz CT molecular complexity index is 788. The summed E-state index contributed by atoms with van der Waals surface area (Å²) in [6, 6.07) is 16.5. The molecule has 1 aliphatic rings. The van der Waals surface area contributed by atoms with Crippen LogP contribution in [0.2, 0.25) is 5.02 Å². The van der Waals surface area contributed by atoms with Gasteiger partial charge in [-0.15, -0.1) is 0 Å². The lowest BCUT2D eigenvalue weighted by Gasteiger charge is -2.32. The molecule has 0 unspecified atom stereocenters. The maximum atomic E-state index is 12.3. The number of benzene rings is 2. The van der Waals surface area contributed by atoms with Crippen molar-refractivity contribution in [2.75, 3.05) is 19.6 Å². The first kappa shape index (κ1) is 18.4. The van der Waals surface area contributed by atoms with Crippen molar-refractivity contribution in [3.63, 3.8) is 0 Å². The van der Waals surface area contributed by atoms with E-state index in [1.165, 1.54) is 0 Å². The van der Waals surface area contributed by atoms with Crippen LogP contribution in [0.25, 0.3) is 0 Å². The number of hydrogen-bond donors (Lipinski definition) is 1. The van der Waals surface area contributed by atoms with E-state index in [1.54, 1.807) is 24.3 Å². The van der Waals surface area contributed by atoms with Gasteiger partial charge in [0.05, 0.1) is 4.90 Å². The molecular formula is C19H23ClN2O2S. The van der Waals surface area contributed by atoms with Crippen LogP contribution < -0.4 is 4.72 Å². The Kier molecular flexibility index (Phi) is 6.12. The van der Waals surface area contributed by atoms with Gasteiger partial charge in [0, 0.05) is 18.1 Å². The minimum Gasteiger partial charge on any atom is -0.299 e. The van der Waals surface area contributed by atoms with Crippen LogP contribution >= 0.6 is 11.6 Å². The van der Waals surface area contributed by atoms with Crippen molar-refractivity contribution in [2.24, 2.45) is 5.92 Å². The Morgan fingerprint density at radius 3 is 2.32 bits per heavy atom. The van der Waals surface area contributed by atoms with Crippen LogP contribution in [0.3, 0.4) is 0 Å². The quantitative estimate of drug-likeness (QED) is 0.836. The first-order valence-corrected chi connectivity index (χ1v) is 10.4. The molecule has 1 fully saturated rings. The fourth-order valence-corrected chi connectivity index (χ4v) is 4.46. The van der Waals surface area contributed by atoms with Gasteiger partial charge in [-0.25, -0.2) is 13.1 Å². The molecule has 0 radical (unpaired) electrons. The van der Waals surface area contributed by atoms with Crippen LogP contribution in [0.15, 0.2) is 59.5 Å². The van der Waals surface area contributed by atoms with E-state index < -0.39 is 10.0 Å². The summed E-state index contributed by atoms with van der Waals surface area (Å²) in [5.74, 6) is 0.376. The number of piperidine rings is 1. The first-order valence-electron chi connectivity index (χ1n) is 8.55. The molecule has 1 heterocycles. The van der Waals surface area contributed by atoms with Crippen LogP contribution in [0.4, 0.5) is 0 Å². The highest BCUT2D eigenvalue weighted by atomic mass is 35.5. The molecule has 0 saturated carbocycles. The van der Waals surface area contributed by atoms with E-state index in [9.17, 15) is 8.42 Å².